The third-order valence-electron chi connectivity index (χ3n) is 6.85. The van der Waals surface area contributed by atoms with Gasteiger partial charge in [0, 0.05) is 17.5 Å². The number of hydrogen-bond donors (Lipinski definition) is 0. The zero-order valence-corrected chi connectivity index (χ0v) is 18.4. The third kappa shape index (κ3) is 2.84. The largest absolute Gasteiger partial charge is 0.497 e. The number of benzene rings is 2. The number of carbonyl (C=O) groups excluding carboxylic acids is 3. The minimum absolute atomic E-state index is 0.136. The molecule has 0 unspecified atom stereocenters. The van der Waals surface area contributed by atoms with Gasteiger partial charge in [-0.2, -0.15) is 0 Å². The van der Waals surface area contributed by atoms with Crippen LogP contribution < -0.4 is 14.4 Å². The number of imide groups is 1. The molecule has 3 heterocycles. The van der Waals surface area contributed by atoms with Crippen LogP contribution in [0.5, 0.6) is 11.5 Å². The Labute approximate surface area is 189 Å². The minimum Gasteiger partial charge on any atom is -0.497 e. The highest BCUT2D eigenvalue weighted by molar-refractivity contribution is 6.24. The molecule has 4 atom stereocenters. The molecule has 8 nitrogen and oxygen atoms in total. The molecular formula is C24H23FN2O6. The van der Waals surface area contributed by atoms with Gasteiger partial charge < -0.3 is 19.1 Å². The molecule has 3 aliphatic heterocycles. The Kier molecular flexibility index (Phi) is 4.81. The molecule has 2 aromatic rings. The summed E-state index contributed by atoms with van der Waals surface area (Å²) >= 11 is 0. The van der Waals surface area contributed by atoms with E-state index < -0.39 is 47.1 Å². The van der Waals surface area contributed by atoms with Gasteiger partial charge in [0.05, 0.1) is 38.0 Å². The Morgan fingerprint density at radius 1 is 1.21 bits per heavy atom. The number of urea groups is 1. The number of rotatable bonds is 4. The predicted molar refractivity (Wildman–Crippen MR) is 114 cm³/mol. The van der Waals surface area contributed by atoms with Crippen LogP contribution in [-0.4, -0.2) is 48.7 Å². The van der Waals surface area contributed by atoms with Gasteiger partial charge in [-0.05, 0) is 50.2 Å². The first-order valence-electron chi connectivity index (χ1n) is 10.7. The monoisotopic (exact) mass is 454 g/mol. The Balaban J connectivity index is 1.66. The molecule has 3 aliphatic rings. The molecule has 2 saturated heterocycles. The van der Waals surface area contributed by atoms with Gasteiger partial charge in [-0.15, -0.1) is 0 Å². The maximum absolute atomic E-state index is 13.8. The number of carbonyl (C=O) groups is 3. The predicted octanol–water partition coefficient (Wildman–Crippen LogP) is 3.30. The number of anilines is 1. The summed E-state index contributed by atoms with van der Waals surface area (Å²) in [6.07, 6.45) is 0. The quantitative estimate of drug-likeness (QED) is 0.521. The Hall–Kier alpha value is -3.62. The summed E-state index contributed by atoms with van der Waals surface area (Å²) in [5.74, 6) is -1.88. The van der Waals surface area contributed by atoms with Crippen LogP contribution in [0.4, 0.5) is 14.9 Å². The van der Waals surface area contributed by atoms with Crippen molar-refractivity contribution in [3.05, 3.63) is 53.8 Å². The van der Waals surface area contributed by atoms with Gasteiger partial charge in [0.1, 0.15) is 22.9 Å². The molecule has 0 aromatic heterocycles. The van der Waals surface area contributed by atoms with Crippen LogP contribution >= 0.6 is 0 Å². The first-order valence-corrected chi connectivity index (χ1v) is 10.7. The highest BCUT2D eigenvalue weighted by Gasteiger charge is 2.72. The Morgan fingerprint density at radius 3 is 2.61 bits per heavy atom. The van der Waals surface area contributed by atoms with E-state index in [1.165, 1.54) is 29.2 Å². The van der Waals surface area contributed by atoms with Crippen molar-refractivity contribution in [1.29, 1.82) is 0 Å². The number of halogens is 1. The number of nitrogens with zero attached hydrogens (tertiary/aromatic N) is 2. The van der Waals surface area contributed by atoms with Crippen LogP contribution in [0.15, 0.2) is 42.5 Å². The van der Waals surface area contributed by atoms with E-state index in [1.807, 2.05) is 0 Å². The molecule has 5 rings (SSSR count). The number of methoxy groups -OCH3 is 1. The van der Waals surface area contributed by atoms with Crippen molar-refractivity contribution < 1.29 is 33.0 Å². The number of esters is 1. The SMILES string of the molecule is CCOC(=O)[C@@H]1[C@H]2COc3cc(OC)ccc3[C@H]2N2C(=O)N(c3ccc(F)cc3)C(=O)[C@]12C. The molecule has 0 N–H and O–H groups in total. The fraction of sp³-hybridized carbons (Fsp3) is 0.375. The molecule has 3 amide bonds. The average Bonchev–Trinajstić information content (AvgIpc) is 3.19. The average molecular weight is 454 g/mol. The minimum atomic E-state index is -1.49. The number of hydrogen-bond acceptors (Lipinski definition) is 6. The van der Waals surface area contributed by atoms with E-state index in [9.17, 15) is 18.8 Å². The molecule has 9 heteroatoms. The molecule has 0 saturated carbocycles. The second-order valence-corrected chi connectivity index (χ2v) is 8.47. The van der Waals surface area contributed by atoms with Crippen LogP contribution in [0, 0.1) is 17.7 Å². The number of amides is 3. The topological polar surface area (TPSA) is 85.4 Å². The lowest BCUT2D eigenvalue weighted by Crippen LogP contribution is -2.51. The van der Waals surface area contributed by atoms with Crippen molar-refractivity contribution in [2.24, 2.45) is 11.8 Å². The van der Waals surface area contributed by atoms with Crippen molar-refractivity contribution in [1.82, 2.24) is 4.90 Å². The molecule has 0 radical (unpaired) electrons. The van der Waals surface area contributed by atoms with Crippen LogP contribution in [0.1, 0.15) is 25.5 Å². The lowest BCUT2D eigenvalue weighted by molar-refractivity contribution is -0.154. The van der Waals surface area contributed by atoms with E-state index in [4.69, 9.17) is 14.2 Å². The highest BCUT2D eigenvalue weighted by atomic mass is 19.1. The van der Waals surface area contributed by atoms with Gasteiger partial charge in [-0.3, -0.25) is 9.59 Å². The van der Waals surface area contributed by atoms with Crippen molar-refractivity contribution in [2.45, 2.75) is 25.4 Å². The van der Waals surface area contributed by atoms with Gasteiger partial charge in [0.15, 0.2) is 0 Å². The van der Waals surface area contributed by atoms with E-state index in [0.717, 1.165) is 4.90 Å². The molecule has 0 spiro atoms. The van der Waals surface area contributed by atoms with Gasteiger partial charge in [0.25, 0.3) is 5.91 Å². The van der Waals surface area contributed by atoms with Crippen molar-refractivity contribution >= 4 is 23.6 Å². The number of fused-ring (bicyclic) bond motifs is 5. The van der Waals surface area contributed by atoms with Crippen molar-refractivity contribution in [3.63, 3.8) is 0 Å². The van der Waals surface area contributed by atoms with E-state index in [-0.39, 0.29) is 18.9 Å². The first-order chi connectivity index (χ1) is 15.8. The van der Waals surface area contributed by atoms with E-state index >= 15 is 0 Å². The molecule has 0 bridgehead atoms. The highest BCUT2D eigenvalue weighted by Crippen LogP contribution is 2.58. The summed E-state index contributed by atoms with van der Waals surface area (Å²) < 4.78 is 30.1. The summed E-state index contributed by atoms with van der Waals surface area (Å²) in [6, 6.07) is 9.22. The fourth-order valence-corrected chi connectivity index (χ4v) is 5.41. The zero-order chi connectivity index (χ0) is 23.5. The summed E-state index contributed by atoms with van der Waals surface area (Å²) in [5.41, 5.74) is -0.562. The van der Waals surface area contributed by atoms with Crippen LogP contribution in [0.2, 0.25) is 0 Å². The van der Waals surface area contributed by atoms with Gasteiger partial charge >= 0.3 is 12.0 Å². The summed E-state index contributed by atoms with van der Waals surface area (Å²) in [5, 5.41) is 0. The maximum Gasteiger partial charge on any atom is 0.332 e. The van der Waals surface area contributed by atoms with Crippen LogP contribution in [-0.2, 0) is 14.3 Å². The Morgan fingerprint density at radius 2 is 1.94 bits per heavy atom. The fourth-order valence-electron chi connectivity index (χ4n) is 5.41. The smallest absolute Gasteiger partial charge is 0.332 e. The summed E-state index contributed by atoms with van der Waals surface area (Å²) in [7, 11) is 1.54. The second kappa shape index (κ2) is 7.47. The van der Waals surface area contributed by atoms with Crippen molar-refractivity contribution in [2.75, 3.05) is 25.2 Å². The van der Waals surface area contributed by atoms with Crippen molar-refractivity contribution in [3.8, 4) is 11.5 Å². The van der Waals surface area contributed by atoms with E-state index in [2.05, 4.69) is 0 Å². The van der Waals surface area contributed by atoms with Gasteiger partial charge in [-0.1, -0.05) is 0 Å². The summed E-state index contributed by atoms with van der Waals surface area (Å²) in [6.45, 7) is 3.56. The molecule has 33 heavy (non-hydrogen) atoms. The second-order valence-electron chi connectivity index (χ2n) is 8.47. The lowest BCUT2D eigenvalue weighted by Gasteiger charge is -2.34. The van der Waals surface area contributed by atoms with Crippen LogP contribution in [0.25, 0.3) is 0 Å². The van der Waals surface area contributed by atoms with Gasteiger partial charge in [0.2, 0.25) is 0 Å². The Bertz CT molecular complexity index is 1150. The standard InChI is InChI=1S/C24H23FN2O6/c1-4-32-21(28)19-17-12-33-18-11-15(31-3)9-10-16(18)20(17)27-23(30)26(22(29)24(19,27)2)14-7-5-13(25)6-8-14/h5-11,17,19-20H,4,12H2,1-3H3/t17-,19+,20-,24+/m1/s1. The summed E-state index contributed by atoms with van der Waals surface area (Å²) in [4.78, 5) is 43.1. The molecular weight excluding hydrogens is 431 g/mol. The normalized spacial score (nSPS) is 27.6. The van der Waals surface area contributed by atoms with E-state index in [1.54, 1.807) is 39.2 Å². The first kappa shape index (κ1) is 21.2. The number of ether oxygens (including phenoxy) is 3. The zero-order valence-electron chi connectivity index (χ0n) is 18.4. The van der Waals surface area contributed by atoms with E-state index in [0.29, 0.717) is 17.1 Å². The van der Waals surface area contributed by atoms with Gasteiger partial charge in [-0.25, -0.2) is 14.1 Å². The lowest BCUT2D eigenvalue weighted by atomic mass is 9.77. The maximum atomic E-state index is 13.8. The third-order valence-corrected chi connectivity index (χ3v) is 6.85. The molecule has 2 fully saturated rings. The molecule has 0 aliphatic carbocycles. The van der Waals surface area contributed by atoms with Crippen LogP contribution in [0.3, 0.4) is 0 Å². The molecule has 172 valence electrons. The molecule has 2 aromatic carbocycles.